The number of nitrogens with zero attached hydrogens (tertiary/aromatic N) is 1. The number of anilines is 1. The molecule has 7 heteroatoms. The van der Waals surface area contributed by atoms with Crippen molar-refractivity contribution in [1.29, 1.82) is 0 Å². The number of nitrogens with one attached hydrogen (secondary N) is 1. The van der Waals surface area contributed by atoms with Crippen LogP contribution < -0.4 is 5.32 Å². The Morgan fingerprint density at radius 3 is 2.43 bits per heavy atom. The second-order valence-electron chi connectivity index (χ2n) is 4.56. The van der Waals surface area contributed by atoms with Crippen molar-refractivity contribution in [2.45, 2.75) is 11.4 Å². The fourth-order valence-electron chi connectivity index (χ4n) is 2.11. The van der Waals surface area contributed by atoms with E-state index in [9.17, 15) is 17.6 Å². The number of amides is 2. The molecule has 0 aromatic heterocycles. The van der Waals surface area contributed by atoms with Gasteiger partial charge in [-0.25, -0.2) is 21.9 Å². The van der Waals surface area contributed by atoms with E-state index in [0.29, 0.717) is 5.56 Å². The third kappa shape index (κ3) is 2.36. The molecule has 5 nitrogen and oxygen atoms in total. The molecule has 0 bridgehead atoms. The molecular formula is C14H11FN2O3S. The molecule has 0 fully saturated rings. The predicted octanol–water partition coefficient (Wildman–Crippen LogP) is 2.56. The Bertz CT molecular complexity index is 803. The summed E-state index contributed by atoms with van der Waals surface area (Å²) in [5.41, 5.74) is 0.785. The van der Waals surface area contributed by atoms with E-state index in [2.05, 4.69) is 5.32 Å². The van der Waals surface area contributed by atoms with Crippen molar-refractivity contribution >= 4 is 21.7 Å². The van der Waals surface area contributed by atoms with E-state index in [4.69, 9.17) is 0 Å². The van der Waals surface area contributed by atoms with E-state index >= 15 is 0 Å². The number of hydrogen-bond acceptors (Lipinski definition) is 3. The summed E-state index contributed by atoms with van der Waals surface area (Å²) in [5.74, 6) is -0.421. The molecule has 1 N–H and O–H groups in total. The van der Waals surface area contributed by atoms with Crippen LogP contribution in [0.3, 0.4) is 0 Å². The lowest BCUT2D eigenvalue weighted by atomic mass is 10.2. The van der Waals surface area contributed by atoms with Gasteiger partial charge in [0.25, 0.3) is 10.0 Å². The lowest BCUT2D eigenvalue weighted by Gasteiger charge is -2.28. The first-order valence-electron chi connectivity index (χ1n) is 6.16. The summed E-state index contributed by atoms with van der Waals surface area (Å²) in [6, 6.07) is 10.8. The molecule has 0 spiro atoms. The molecule has 21 heavy (non-hydrogen) atoms. The van der Waals surface area contributed by atoms with Crippen LogP contribution in [0, 0.1) is 5.82 Å². The number of rotatable bonds is 2. The van der Waals surface area contributed by atoms with Gasteiger partial charge >= 0.3 is 6.03 Å². The predicted molar refractivity (Wildman–Crippen MR) is 74.6 cm³/mol. The van der Waals surface area contributed by atoms with Gasteiger partial charge in [-0.05, 0) is 29.8 Å². The number of sulfonamides is 1. The fraction of sp³-hybridized carbons (Fsp3) is 0.0714. The molecule has 1 aliphatic heterocycles. The van der Waals surface area contributed by atoms with E-state index in [1.165, 1.54) is 36.4 Å². The Hall–Kier alpha value is -2.41. The van der Waals surface area contributed by atoms with Gasteiger partial charge in [0.15, 0.2) is 0 Å². The van der Waals surface area contributed by atoms with Gasteiger partial charge < -0.3 is 5.32 Å². The second kappa shape index (κ2) is 4.85. The first-order valence-corrected chi connectivity index (χ1v) is 7.60. The van der Waals surface area contributed by atoms with Gasteiger partial charge in [-0.15, -0.1) is 0 Å². The number of benzene rings is 2. The minimum absolute atomic E-state index is 0.0479. The van der Waals surface area contributed by atoms with E-state index in [1.807, 2.05) is 0 Å². The van der Waals surface area contributed by atoms with Crippen molar-refractivity contribution in [2.75, 3.05) is 5.32 Å². The topological polar surface area (TPSA) is 66.5 Å². The van der Waals surface area contributed by atoms with Crippen LogP contribution in [0.4, 0.5) is 14.9 Å². The first kappa shape index (κ1) is 13.6. The summed E-state index contributed by atoms with van der Waals surface area (Å²) in [4.78, 5) is 12.1. The summed E-state index contributed by atoms with van der Waals surface area (Å²) in [7, 11) is -3.91. The molecule has 3 rings (SSSR count). The molecule has 0 atom stereocenters. The molecule has 108 valence electrons. The van der Waals surface area contributed by atoms with Gasteiger partial charge in [0, 0.05) is 0 Å². The summed E-state index contributed by atoms with van der Waals surface area (Å²) < 4.78 is 38.6. The molecule has 1 heterocycles. The molecule has 0 aliphatic carbocycles. The molecular weight excluding hydrogens is 295 g/mol. The summed E-state index contributed by atoms with van der Waals surface area (Å²) in [6.07, 6.45) is 0. The zero-order valence-corrected chi connectivity index (χ0v) is 11.6. The van der Waals surface area contributed by atoms with Crippen LogP contribution in [0.25, 0.3) is 0 Å². The standard InChI is InChI=1S/C14H11FN2O3S/c15-11-7-5-10(6-8-11)9-17-14(18)16-12-3-1-2-4-13(12)21(17,19)20/h1-8H,9H2,(H,16,18). The monoisotopic (exact) mass is 306 g/mol. The highest BCUT2D eigenvalue weighted by atomic mass is 32.2. The molecule has 0 unspecified atom stereocenters. The molecule has 1 aliphatic rings. The van der Waals surface area contributed by atoms with Crippen molar-refractivity contribution in [3.05, 3.63) is 59.9 Å². The maximum Gasteiger partial charge on any atom is 0.336 e. The Labute approximate surface area is 121 Å². The highest BCUT2D eigenvalue weighted by Gasteiger charge is 2.36. The number of fused-ring (bicyclic) bond motifs is 1. The number of urea groups is 1. The zero-order chi connectivity index (χ0) is 15.0. The number of hydrogen-bond donors (Lipinski definition) is 1. The normalized spacial score (nSPS) is 16.2. The average Bonchev–Trinajstić information content (AvgIpc) is 2.45. The van der Waals surface area contributed by atoms with Gasteiger partial charge in [-0.3, -0.25) is 0 Å². The minimum atomic E-state index is -3.91. The SMILES string of the molecule is O=C1Nc2ccccc2S(=O)(=O)N1Cc1ccc(F)cc1. The molecule has 2 aromatic rings. The Kier molecular flexibility index (Phi) is 3.13. The lowest BCUT2D eigenvalue weighted by Crippen LogP contribution is -2.43. The third-order valence-electron chi connectivity index (χ3n) is 3.16. The Morgan fingerprint density at radius 1 is 1.05 bits per heavy atom. The van der Waals surface area contributed by atoms with Crippen molar-refractivity contribution in [1.82, 2.24) is 4.31 Å². The molecule has 2 aromatic carbocycles. The van der Waals surface area contributed by atoms with E-state index in [-0.39, 0.29) is 17.1 Å². The van der Waals surface area contributed by atoms with Crippen LogP contribution in [-0.2, 0) is 16.6 Å². The van der Waals surface area contributed by atoms with Crippen molar-refractivity contribution in [3.63, 3.8) is 0 Å². The fourth-order valence-corrected chi connectivity index (χ4v) is 3.58. The first-order chi connectivity index (χ1) is 9.98. The largest absolute Gasteiger partial charge is 0.336 e. The van der Waals surface area contributed by atoms with Gasteiger partial charge in [0.2, 0.25) is 0 Å². The number of para-hydroxylation sites is 1. The highest BCUT2D eigenvalue weighted by molar-refractivity contribution is 7.90. The Morgan fingerprint density at radius 2 is 1.71 bits per heavy atom. The van der Waals surface area contributed by atoms with Gasteiger partial charge in [0.1, 0.15) is 10.7 Å². The van der Waals surface area contributed by atoms with Crippen molar-refractivity contribution < 1.29 is 17.6 Å². The second-order valence-corrected chi connectivity index (χ2v) is 6.40. The average molecular weight is 306 g/mol. The van der Waals surface area contributed by atoms with E-state index in [0.717, 1.165) is 4.31 Å². The molecule has 2 amide bonds. The van der Waals surface area contributed by atoms with Crippen LogP contribution in [0.1, 0.15) is 5.56 Å². The van der Waals surface area contributed by atoms with E-state index in [1.54, 1.807) is 12.1 Å². The highest BCUT2D eigenvalue weighted by Crippen LogP contribution is 2.30. The quantitative estimate of drug-likeness (QED) is 0.927. The Balaban J connectivity index is 2.00. The number of carbonyl (C=O) groups is 1. The summed E-state index contributed by atoms with van der Waals surface area (Å²) in [6.45, 7) is -0.150. The van der Waals surface area contributed by atoms with Crippen LogP contribution in [0.15, 0.2) is 53.4 Å². The lowest BCUT2D eigenvalue weighted by molar-refractivity contribution is 0.233. The van der Waals surface area contributed by atoms with Gasteiger partial charge in [-0.1, -0.05) is 24.3 Å². The van der Waals surface area contributed by atoms with Gasteiger partial charge in [-0.2, -0.15) is 0 Å². The summed E-state index contributed by atoms with van der Waals surface area (Å²) in [5, 5.41) is 2.53. The van der Waals surface area contributed by atoms with Crippen LogP contribution in [-0.4, -0.2) is 18.8 Å². The smallest absolute Gasteiger partial charge is 0.306 e. The van der Waals surface area contributed by atoms with Crippen LogP contribution >= 0.6 is 0 Å². The number of carbonyl (C=O) groups excluding carboxylic acids is 1. The number of halogens is 1. The summed E-state index contributed by atoms with van der Waals surface area (Å²) >= 11 is 0. The molecule has 0 radical (unpaired) electrons. The molecule has 0 saturated heterocycles. The molecule has 0 saturated carbocycles. The third-order valence-corrected chi connectivity index (χ3v) is 4.95. The van der Waals surface area contributed by atoms with Crippen LogP contribution in [0.5, 0.6) is 0 Å². The maximum atomic E-state index is 12.9. The van der Waals surface area contributed by atoms with E-state index < -0.39 is 21.9 Å². The van der Waals surface area contributed by atoms with Crippen molar-refractivity contribution in [2.24, 2.45) is 0 Å². The minimum Gasteiger partial charge on any atom is -0.306 e. The van der Waals surface area contributed by atoms with Gasteiger partial charge in [0.05, 0.1) is 12.2 Å². The van der Waals surface area contributed by atoms with Crippen molar-refractivity contribution in [3.8, 4) is 0 Å². The zero-order valence-electron chi connectivity index (χ0n) is 10.8. The maximum absolute atomic E-state index is 12.9. The van der Waals surface area contributed by atoms with Crippen LogP contribution in [0.2, 0.25) is 0 Å².